The third-order valence-corrected chi connectivity index (χ3v) is 4.76. The molecule has 1 aromatic carbocycles. The highest BCUT2D eigenvalue weighted by Crippen LogP contribution is 2.38. The lowest BCUT2D eigenvalue weighted by Gasteiger charge is -2.27. The zero-order valence-corrected chi connectivity index (χ0v) is 14.2. The van der Waals surface area contributed by atoms with Crippen LogP contribution in [-0.2, 0) is 4.79 Å². The van der Waals surface area contributed by atoms with Crippen molar-refractivity contribution in [2.24, 2.45) is 11.8 Å². The van der Waals surface area contributed by atoms with E-state index >= 15 is 0 Å². The van der Waals surface area contributed by atoms with Crippen LogP contribution in [0.2, 0.25) is 0 Å². The maximum absolute atomic E-state index is 12.3. The molecule has 2 unspecified atom stereocenters. The number of anilines is 1. The molecule has 0 bridgehead atoms. The lowest BCUT2D eigenvalue weighted by molar-refractivity contribution is -0.117. The summed E-state index contributed by atoms with van der Waals surface area (Å²) < 4.78 is 0. The predicted molar refractivity (Wildman–Crippen MR) is 94.0 cm³/mol. The van der Waals surface area contributed by atoms with E-state index in [-0.39, 0.29) is 17.7 Å². The zero-order chi connectivity index (χ0) is 16.9. The number of hydrogen-bond acceptors (Lipinski definition) is 4. The number of nitrogens with zero attached hydrogens (tertiary/aromatic N) is 1. The fourth-order valence-electron chi connectivity index (χ4n) is 3.02. The van der Waals surface area contributed by atoms with Gasteiger partial charge in [0.15, 0.2) is 0 Å². The van der Waals surface area contributed by atoms with Crippen molar-refractivity contribution in [2.75, 3.05) is 44.6 Å². The molecule has 0 spiro atoms. The molecule has 1 aliphatic carbocycles. The minimum Gasteiger partial charge on any atom is -0.351 e. The summed E-state index contributed by atoms with van der Waals surface area (Å²) in [6, 6.07) is 7.14. The van der Waals surface area contributed by atoms with Gasteiger partial charge in [-0.3, -0.25) is 14.5 Å². The van der Waals surface area contributed by atoms with Gasteiger partial charge in [-0.25, -0.2) is 0 Å². The summed E-state index contributed by atoms with van der Waals surface area (Å²) in [4.78, 5) is 26.6. The second-order valence-electron chi connectivity index (χ2n) is 6.74. The van der Waals surface area contributed by atoms with Gasteiger partial charge in [-0.2, -0.15) is 0 Å². The van der Waals surface area contributed by atoms with Gasteiger partial charge in [0.25, 0.3) is 5.91 Å². The number of carbonyl (C=O) groups is 2. The van der Waals surface area contributed by atoms with E-state index in [1.807, 2.05) is 6.07 Å². The molecule has 0 radical (unpaired) electrons. The molecule has 1 aromatic rings. The Morgan fingerprint density at radius 2 is 2.04 bits per heavy atom. The molecule has 24 heavy (non-hydrogen) atoms. The molecule has 3 rings (SSSR count). The lowest BCUT2D eigenvalue weighted by atomic mass is 10.2. The highest BCUT2D eigenvalue weighted by molar-refractivity contribution is 5.98. The van der Waals surface area contributed by atoms with Crippen molar-refractivity contribution in [2.45, 2.75) is 13.3 Å². The Labute approximate surface area is 143 Å². The van der Waals surface area contributed by atoms with E-state index in [9.17, 15) is 9.59 Å². The van der Waals surface area contributed by atoms with Crippen molar-refractivity contribution in [1.82, 2.24) is 15.5 Å². The summed E-state index contributed by atoms with van der Waals surface area (Å²) in [6.45, 7) is 7.64. The third kappa shape index (κ3) is 4.55. The van der Waals surface area contributed by atoms with Crippen LogP contribution in [0.1, 0.15) is 23.7 Å². The third-order valence-electron chi connectivity index (χ3n) is 4.76. The first-order valence-corrected chi connectivity index (χ1v) is 8.75. The van der Waals surface area contributed by atoms with Gasteiger partial charge in [0.2, 0.25) is 5.91 Å². The van der Waals surface area contributed by atoms with Crippen LogP contribution in [-0.4, -0.2) is 56.0 Å². The molecule has 2 amide bonds. The lowest BCUT2D eigenvalue weighted by Crippen LogP contribution is -2.46. The van der Waals surface area contributed by atoms with Crippen LogP contribution in [0.3, 0.4) is 0 Å². The molecular formula is C18H26N4O2. The summed E-state index contributed by atoms with van der Waals surface area (Å²) in [5.74, 6) is 0.558. The topological polar surface area (TPSA) is 73.5 Å². The fraction of sp³-hybridized carbons (Fsp3) is 0.556. The van der Waals surface area contributed by atoms with Crippen LogP contribution in [0, 0.1) is 11.8 Å². The van der Waals surface area contributed by atoms with Gasteiger partial charge in [-0.15, -0.1) is 0 Å². The quantitative estimate of drug-likeness (QED) is 0.725. The first kappa shape index (κ1) is 16.9. The normalized spacial score (nSPS) is 23.5. The second kappa shape index (κ2) is 7.77. The van der Waals surface area contributed by atoms with Crippen molar-refractivity contribution >= 4 is 17.5 Å². The Balaban J connectivity index is 1.47. The molecule has 6 heteroatoms. The molecule has 1 aliphatic heterocycles. The zero-order valence-electron chi connectivity index (χ0n) is 14.2. The Hall–Kier alpha value is -1.92. The van der Waals surface area contributed by atoms with Crippen LogP contribution in [0.5, 0.6) is 0 Å². The van der Waals surface area contributed by atoms with E-state index in [1.165, 1.54) is 0 Å². The minimum absolute atomic E-state index is 0.0544. The number of benzene rings is 1. The number of hydrogen-bond donors (Lipinski definition) is 3. The average Bonchev–Trinajstić information content (AvgIpc) is 3.33. The number of carbonyl (C=O) groups excluding carboxylic acids is 2. The summed E-state index contributed by atoms with van der Waals surface area (Å²) >= 11 is 0. The summed E-state index contributed by atoms with van der Waals surface area (Å²) in [5.41, 5.74) is 1.27. The van der Waals surface area contributed by atoms with Crippen LogP contribution < -0.4 is 16.0 Å². The molecule has 2 aliphatic rings. The smallest absolute Gasteiger partial charge is 0.251 e. The average molecular weight is 330 g/mol. The molecule has 0 aromatic heterocycles. The van der Waals surface area contributed by atoms with Crippen molar-refractivity contribution < 1.29 is 9.59 Å². The van der Waals surface area contributed by atoms with Crippen molar-refractivity contribution in [3.05, 3.63) is 29.8 Å². The standard InChI is InChI=1S/C18H26N4O2/c1-13-11-16(13)18(24)21-15-4-2-3-14(12-15)17(23)20-7-10-22-8-5-19-6-9-22/h2-4,12-13,16,19H,5-11H2,1H3,(H,20,23)(H,21,24). The second-order valence-corrected chi connectivity index (χ2v) is 6.74. The van der Waals surface area contributed by atoms with Crippen LogP contribution in [0.25, 0.3) is 0 Å². The largest absolute Gasteiger partial charge is 0.351 e. The molecule has 1 saturated carbocycles. The molecule has 6 nitrogen and oxygen atoms in total. The number of rotatable bonds is 6. The molecule has 3 N–H and O–H groups in total. The fourth-order valence-corrected chi connectivity index (χ4v) is 3.02. The van der Waals surface area contributed by atoms with E-state index < -0.39 is 0 Å². The first-order chi connectivity index (χ1) is 11.6. The summed E-state index contributed by atoms with van der Waals surface area (Å²) in [7, 11) is 0. The minimum atomic E-state index is -0.0963. The van der Waals surface area contributed by atoms with E-state index in [0.717, 1.165) is 39.1 Å². The predicted octanol–water partition coefficient (Wildman–Crippen LogP) is 0.916. The van der Waals surface area contributed by atoms with Gasteiger partial charge in [0, 0.05) is 56.4 Å². The van der Waals surface area contributed by atoms with Gasteiger partial charge < -0.3 is 16.0 Å². The van der Waals surface area contributed by atoms with Gasteiger partial charge in [0.05, 0.1) is 0 Å². The summed E-state index contributed by atoms with van der Waals surface area (Å²) in [5, 5.41) is 9.17. The Kier molecular flexibility index (Phi) is 5.48. The number of piperazine rings is 1. The van der Waals surface area contributed by atoms with Crippen molar-refractivity contribution in [3.8, 4) is 0 Å². The maximum atomic E-state index is 12.3. The highest BCUT2D eigenvalue weighted by Gasteiger charge is 2.39. The van der Waals surface area contributed by atoms with E-state index in [1.54, 1.807) is 18.2 Å². The Morgan fingerprint density at radius 1 is 1.29 bits per heavy atom. The number of nitrogens with one attached hydrogen (secondary N) is 3. The molecule has 2 atom stereocenters. The maximum Gasteiger partial charge on any atom is 0.251 e. The van der Waals surface area contributed by atoms with Crippen LogP contribution in [0.15, 0.2) is 24.3 Å². The molecule has 1 saturated heterocycles. The molecule has 130 valence electrons. The van der Waals surface area contributed by atoms with Gasteiger partial charge >= 0.3 is 0 Å². The highest BCUT2D eigenvalue weighted by atomic mass is 16.2. The van der Waals surface area contributed by atoms with Crippen molar-refractivity contribution in [1.29, 1.82) is 0 Å². The van der Waals surface area contributed by atoms with E-state index in [2.05, 4.69) is 27.8 Å². The van der Waals surface area contributed by atoms with Crippen LogP contribution >= 0.6 is 0 Å². The van der Waals surface area contributed by atoms with Gasteiger partial charge in [-0.05, 0) is 30.5 Å². The van der Waals surface area contributed by atoms with Crippen molar-refractivity contribution in [3.63, 3.8) is 0 Å². The molecule has 2 fully saturated rings. The first-order valence-electron chi connectivity index (χ1n) is 8.75. The molecule has 1 heterocycles. The monoisotopic (exact) mass is 330 g/mol. The number of amides is 2. The van der Waals surface area contributed by atoms with E-state index in [0.29, 0.717) is 23.7 Å². The Bertz CT molecular complexity index is 598. The Morgan fingerprint density at radius 3 is 2.75 bits per heavy atom. The van der Waals surface area contributed by atoms with Gasteiger partial charge in [0.1, 0.15) is 0 Å². The van der Waals surface area contributed by atoms with E-state index in [4.69, 9.17) is 0 Å². The summed E-state index contributed by atoms with van der Waals surface area (Å²) in [6.07, 6.45) is 0.956. The SMILES string of the molecule is CC1CC1C(=O)Nc1cccc(C(=O)NCCN2CCNCC2)c1. The van der Waals surface area contributed by atoms with Gasteiger partial charge in [-0.1, -0.05) is 13.0 Å². The van der Waals surface area contributed by atoms with Crippen LogP contribution in [0.4, 0.5) is 5.69 Å². The molecular weight excluding hydrogens is 304 g/mol.